The van der Waals surface area contributed by atoms with Crippen molar-refractivity contribution in [3.05, 3.63) is 104 Å². The van der Waals surface area contributed by atoms with Crippen LogP contribution in [-0.2, 0) is 22.5 Å². The molecule has 0 N–H and O–H groups in total. The molecule has 0 aliphatic heterocycles. The Morgan fingerprint density at radius 1 is 1.11 bits per heavy atom. The number of carbonyl (C=O) groups excluding carboxylic acids is 2. The molecule has 2 aromatic carbocycles. The monoisotopic (exact) mass is 512 g/mol. The van der Waals surface area contributed by atoms with Crippen molar-refractivity contribution in [3.63, 3.8) is 0 Å². The molecule has 0 saturated carbocycles. The van der Waals surface area contributed by atoms with Gasteiger partial charge in [-0.3, -0.25) is 10.1 Å². The third-order valence-electron chi connectivity index (χ3n) is 6.54. The first-order chi connectivity index (χ1) is 18.4. The fraction of sp³-hybridized carbons (Fsp3) is 0.207. The average molecular weight is 513 g/mol. The second kappa shape index (κ2) is 10.3. The summed E-state index contributed by atoms with van der Waals surface area (Å²) in [4.78, 5) is 40.8. The van der Waals surface area contributed by atoms with Crippen LogP contribution in [0.25, 0.3) is 22.6 Å². The Bertz CT molecular complexity index is 1600. The van der Waals surface area contributed by atoms with Gasteiger partial charge in [-0.05, 0) is 73.2 Å². The number of ether oxygens (including phenoxy) is 2. The molecule has 2 aromatic heterocycles. The van der Waals surface area contributed by atoms with Crippen LogP contribution in [0.1, 0.15) is 61.9 Å². The molecule has 0 saturated heterocycles. The zero-order chi connectivity index (χ0) is 26.8. The lowest BCUT2D eigenvalue weighted by Crippen LogP contribution is -2.15. The number of carbonyl (C=O) groups is 2. The average Bonchev–Trinajstić information content (AvgIpc) is 3.30. The van der Waals surface area contributed by atoms with Gasteiger partial charge in [0.2, 0.25) is 0 Å². The lowest BCUT2D eigenvalue weighted by atomic mass is 9.86. The topological polar surface area (TPSA) is 122 Å². The van der Waals surface area contributed by atoms with E-state index in [0.29, 0.717) is 34.4 Å². The predicted molar refractivity (Wildman–Crippen MR) is 140 cm³/mol. The second-order valence-electron chi connectivity index (χ2n) is 8.95. The highest BCUT2D eigenvalue weighted by molar-refractivity contribution is 6.06. The fourth-order valence-electron chi connectivity index (χ4n) is 4.74. The summed E-state index contributed by atoms with van der Waals surface area (Å²) in [5.41, 5.74) is 4.72. The zero-order valence-corrected chi connectivity index (χ0v) is 20.9. The van der Waals surface area contributed by atoms with Crippen LogP contribution in [0.4, 0.5) is 5.69 Å². The van der Waals surface area contributed by atoms with Crippen LogP contribution < -0.4 is 0 Å². The van der Waals surface area contributed by atoms with E-state index in [0.717, 1.165) is 35.2 Å². The maximum atomic E-state index is 13.5. The van der Waals surface area contributed by atoms with Gasteiger partial charge in [-0.1, -0.05) is 18.2 Å². The molecule has 0 fully saturated rings. The Morgan fingerprint density at radius 2 is 1.87 bits per heavy atom. The molecule has 0 bridgehead atoms. The minimum Gasteiger partial charge on any atom is -0.465 e. The summed E-state index contributed by atoms with van der Waals surface area (Å²) in [6.07, 6.45) is 4.18. The van der Waals surface area contributed by atoms with Gasteiger partial charge < -0.3 is 13.9 Å². The van der Waals surface area contributed by atoms with Gasteiger partial charge in [-0.25, -0.2) is 14.6 Å². The maximum absolute atomic E-state index is 13.5. The molecule has 38 heavy (non-hydrogen) atoms. The molecule has 192 valence electrons. The molecule has 1 aliphatic carbocycles. The van der Waals surface area contributed by atoms with Crippen molar-refractivity contribution in [1.29, 1.82) is 0 Å². The summed E-state index contributed by atoms with van der Waals surface area (Å²) in [6, 6.07) is 15.3. The number of esters is 2. The molecule has 0 radical (unpaired) electrons. The van der Waals surface area contributed by atoms with Crippen LogP contribution in [0.2, 0.25) is 0 Å². The van der Waals surface area contributed by atoms with Crippen molar-refractivity contribution in [2.24, 2.45) is 0 Å². The standard InChI is InChI=1S/C29H24N2O7/c1-17-24(28(32)36-2)15-21(38-17)16-37-29(33)26-22-7-3-4-9-25(22)30-27-19(6-5-8-23(26)27)14-18-10-12-20(13-11-18)31(34)35/h3-4,7,9-15H,5-6,8,16H2,1-2H3/b19-14+. The molecule has 0 unspecified atom stereocenters. The highest BCUT2D eigenvalue weighted by atomic mass is 16.6. The predicted octanol–water partition coefficient (Wildman–Crippen LogP) is 6.06. The quantitative estimate of drug-likeness (QED) is 0.173. The number of pyridine rings is 1. The van der Waals surface area contributed by atoms with Crippen molar-refractivity contribution in [2.45, 2.75) is 32.8 Å². The van der Waals surface area contributed by atoms with Gasteiger partial charge in [0.1, 0.15) is 23.7 Å². The third-order valence-corrected chi connectivity index (χ3v) is 6.54. The molecule has 0 atom stereocenters. The number of allylic oxidation sites excluding steroid dienone is 1. The Labute approximate surface area is 217 Å². The van der Waals surface area contributed by atoms with Gasteiger partial charge in [-0.15, -0.1) is 0 Å². The lowest BCUT2D eigenvalue weighted by Gasteiger charge is -2.22. The first-order valence-corrected chi connectivity index (χ1v) is 12.1. The van der Waals surface area contributed by atoms with E-state index < -0.39 is 16.9 Å². The number of nitro groups is 1. The van der Waals surface area contributed by atoms with E-state index in [9.17, 15) is 19.7 Å². The van der Waals surface area contributed by atoms with Gasteiger partial charge in [0.05, 0.1) is 28.8 Å². The second-order valence-corrected chi connectivity index (χ2v) is 8.95. The van der Waals surface area contributed by atoms with E-state index in [1.807, 2.05) is 30.3 Å². The maximum Gasteiger partial charge on any atom is 0.341 e. The third kappa shape index (κ3) is 4.78. The van der Waals surface area contributed by atoms with E-state index in [4.69, 9.17) is 18.9 Å². The first kappa shape index (κ1) is 24.9. The molecule has 1 aliphatic rings. The van der Waals surface area contributed by atoms with E-state index in [-0.39, 0.29) is 17.9 Å². The molecule has 9 heteroatoms. The summed E-state index contributed by atoms with van der Waals surface area (Å²) < 4.78 is 16.0. The number of nitro benzene ring substituents is 1. The van der Waals surface area contributed by atoms with E-state index >= 15 is 0 Å². The number of benzene rings is 2. The minimum atomic E-state index is -0.523. The van der Waals surface area contributed by atoms with Crippen LogP contribution in [0, 0.1) is 17.0 Å². The van der Waals surface area contributed by atoms with Crippen LogP contribution in [0.3, 0.4) is 0 Å². The molecule has 5 rings (SSSR count). The summed E-state index contributed by atoms with van der Waals surface area (Å²) in [7, 11) is 1.29. The molecule has 0 amide bonds. The Hall–Kier alpha value is -4.79. The molecule has 9 nitrogen and oxygen atoms in total. The van der Waals surface area contributed by atoms with Crippen molar-refractivity contribution in [2.75, 3.05) is 7.11 Å². The number of hydrogen-bond donors (Lipinski definition) is 0. The van der Waals surface area contributed by atoms with Crippen LogP contribution in [0.15, 0.2) is 59.0 Å². The number of fused-ring (bicyclic) bond motifs is 2. The summed E-state index contributed by atoms with van der Waals surface area (Å²) in [5.74, 6) is -0.312. The van der Waals surface area contributed by atoms with E-state index in [2.05, 4.69) is 0 Å². The van der Waals surface area contributed by atoms with Crippen molar-refractivity contribution < 1.29 is 28.4 Å². The number of aryl methyl sites for hydroxylation is 1. The number of non-ortho nitro benzene ring substituents is 1. The highest BCUT2D eigenvalue weighted by Crippen LogP contribution is 2.36. The number of aromatic nitrogens is 1. The normalized spacial score (nSPS) is 13.8. The summed E-state index contributed by atoms with van der Waals surface area (Å²) in [6.45, 7) is 1.50. The van der Waals surface area contributed by atoms with Crippen LogP contribution in [-0.4, -0.2) is 29.0 Å². The number of hydrogen-bond acceptors (Lipinski definition) is 8. The Morgan fingerprint density at radius 3 is 2.61 bits per heavy atom. The fourth-order valence-corrected chi connectivity index (χ4v) is 4.74. The molecule has 4 aromatic rings. The van der Waals surface area contributed by atoms with Gasteiger partial charge in [0.15, 0.2) is 0 Å². The molecule has 2 heterocycles. The molecule has 0 spiro atoms. The SMILES string of the molecule is COC(=O)c1cc(COC(=O)c2c3c(nc4ccccc24)/C(=C/c2ccc([N+](=O)[O-])cc2)CCC3)oc1C. The van der Waals surface area contributed by atoms with Gasteiger partial charge in [-0.2, -0.15) is 0 Å². The largest absolute Gasteiger partial charge is 0.465 e. The number of methoxy groups -OCH3 is 1. The van der Waals surface area contributed by atoms with E-state index in [1.165, 1.54) is 25.3 Å². The lowest BCUT2D eigenvalue weighted by molar-refractivity contribution is -0.384. The van der Waals surface area contributed by atoms with Crippen molar-refractivity contribution in [1.82, 2.24) is 4.98 Å². The highest BCUT2D eigenvalue weighted by Gasteiger charge is 2.26. The van der Waals surface area contributed by atoms with E-state index in [1.54, 1.807) is 19.1 Å². The summed E-state index contributed by atoms with van der Waals surface area (Å²) in [5, 5.41) is 11.7. The smallest absolute Gasteiger partial charge is 0.341 e. The first-order valence-electron chi connectivity index (χ1n) is 12.1. The van der Waals surface area contributed by atoms with Gasteiger partial charge in [0.25, 0.3) is 5.69 Å². The molecular formula is C29H24N2O7. The Kier molecular flexibility index (Phi) is 6.74. The summed E-state index contributed by atoms with van der Waals surface area (Å²) >= 11 is 0. The minimum absolute atomic E-state index is 0.0239. The van der Waals surface area contributed by atoms with Gasteiger partial charge in [0, 0.05) is 17.5 Å². The molecular weight excluding hydrogens is 488 g/mol. The Balaban J connectivity index is 1.51. The zero-order valence-electron chi connectivity index (χ0n) is 20.9. The van der Waals surface area contributed by atoms with Crippen molar-refractivity contribution in [3.8, 4) is 0 Å². The van der Waals surface area contributed by atoms with Crippen LogP contribution >= 0.6 is 0 Å². The number of nitrogens with zero attached hydrogens (tertiary/aromatic N) is 2. The van der Waals surface area contributed by atoms with Crippen molar-refractivity contribution >= 4 is 40.2 Å². The number of rotatable bonds is 6. The number of furan rings is 1. The van der Waals surface area contributed by atoms with Gasteiger partial charge >= 0.3 is 11.9 Å². The van der Waals surface area contributed by atoms with Crippen LogP contribution in [0.5, 0.6) is 0 Å². The number of para-hydroxylation sites is 1.